The maximum atomic E-state index is 11.5. The first-order valence-electron chi connectivity index (χ1n) is 15.3. The molecular weight excluding hydrogens is 626 g/mol. The summed E-state index contributed by atoms with van der Waals surface area (Å²) in [6.07, 6.45) is 15.7. The third-order valence-corrected chi connectivity index (χ3v) is 39.4. The van der Waals surface area contributed by atoms with Gasteiger partial charge in [-0.2, -0.15) is 0 Å². The van der Waals surface area contributed by atoms with Crippen LogP contribution < -0.4 is 0 Å². The minimum atomic E-state index is -2.34. The predicted octanol–water partition coefficient (Wildman–Crippen LogP) is 11.2. The molecular formula is C31H64OSn2. The van der Waals surface area contributed by atoms with Crippen LogP contribution in [0.15, 0.2) is 24.3 Å². The molecule has 0 spiro atoms. The molecule has 0 aliphatic heterocycles. The molecule has 1 N–H and O–H groups in total. The molecule has 0 bridgehead atoms. The number of hydrogen-bond acceptors (Lipinski definition) is 1. The molecule has 0 unspecified atom stereocenters. The van der Waals surface area contributed by atoms with Gasteiger partial charge in [0, 0.05) is 0 Å². The molecule has 0 heterocycles. The Balaban J connectivity index is 5.60. The fourth-order valence-electron chi connectivity index (χ4n) is 6.04. The van der Waals surface area contributed by atoms with E-state index in [0.717, 1.165) is 11.1 Å². The average Bonchev–Trinajstić information content (AvgIpc) is 2.84. The normalized spacial score (nSPS) is 12.5. The van der Waals surface area contributed by atoms with Crippen molar-refractivity contribution in [1.29, 1.82) is 0 Å². The van der Waals surface area contributed by atoms with Gasteiger partial charge >= 0.3 is 226 Å². The molecule has 0 saturated heterocycles. The van der Waals surface area contributed by atoms with Crippen molar-refractivity contribution in [3.63, 3.8) is 0 Å². The Hall–Kier alpha value is 1.04. The van der Waals surface area contributed by atoms with Gasteiger partial charge in [0.2, 0.25) is 0 Å². The van der Waals surface area contributed by atoms with E-state index >= 15 is 0 Å². The van der Waals surface area contributed by atoms with Crippen LogP contribution in [0, 0.1) is 0 Å². The Morgan fingerprint density at radius 1 is 0.500 bits per heavy atom. The van der Waals surface area contributed by atoms with Crippen molar-refractivity contribution >= 4 is 36.8 Å². The number of aliphatic hydroxyl groups is 1. The Morgan fingerprint density at radius 3 is 0.882 bits per heavy atom. The van der Waals surface area contributed by atoms with E-state index in [-0.39, 0.29) is 0 Å². The second-order valence-corrected chi connectivity index (χ2v) is 39.4. The first-order valence-corrected chi connectivity index (χ1v) is 31.5. The van der Waals surface area contributed by atoms with E-state index in [0.29, 0.717) is 0 Å². The van der Waals surface area contributed by atoms with E-state index in [1.165, 1.54) is 113 Å². The van der Waals surface area contributed by atoms with Crippen LogP contribution in [0.5, 0.6) is 0 Å². The summed E-state index contributed by atoms with van der Waals surface area (Å²) in [7, 11) is 0. The topological polar surface area (TPSA) is 20.2 Å². The molecule has 0 rings (SSSR count). The first-order chi connectivity index (χ1) is 16.3. The Bertz CT molecular complexity index is 438. The van der Waals surface area contributed by atoms with E-state index in [1.54, 1.807) is 0 Å². The molecule has 34 heavy (non-hydrogen) atoms. The van der Waals surface area contributed by atoms with Gasteiger partial charge in [-0.25, -0.2) is 0 Å². The van der Waals surface area contributed by atoms with Gasteiger partial charge < -0.3 is 0 Å². The summed E-state index contributed by atoms with van der Waals surface area (Å²) in [5, 5.41) is 11.5. The molecule has 0 radical (unpaired) electrons. The van der Waals surface area contributed by atoms with Crippen molar-refractivity contribution in [2.45, 2.75) is 160 Å². The summed E-state index contributed by atoms with van der Waals surface area (Å²) in [5.41, 5.74) is 2.32. The molecule has 0 amide bonds. The van der Waals surface area contributed by atoms with Gasteiger partial charge in [-0.3, -0.25) is 0 Å². The van der Waals surface area contributed by atoms with Crippen LogP contribution in [-0.4, -0.2) is 48.0 Å². The molecule has 0 aromatic rings. The van der Waals surface area contributed by atoms with E-state index < -0.39 is 42.9 Å². The molecule has 0 aromatic carbocycles. The number of rotatable bonds is 24. The second-order valence-electron chi connectivity index (χ2n) is 11.7. The second kappa shape index (κ2) is 21.0. The molecule has 0 fully saturated rings. The van der Waals surface area contributed by atoms with E-state index in [4.69, 9.17) is 0 Å². The monoisotopic (exact) mass is 692 g/mol. The summed E-state index contributed by atoms with van der Waals surface area (Å²) in [6, 6.07) is 0. The number of hydrogen-bond donors (Lipinski definition) is 1. The standard InChI is InChI=1S/C7H10O.6C4H9.2Sn/c1-5(2)7(8)6(3)4;6*1-3-4-2;;/h7-8H,1-4H2;6*1,3-4H2,2H3;;. The minimum absolute atomic E-state index is 0.443. The van der Waals surface area contributed by atoms with Gasteiger partial charge in [0.05, 0.1) is 0 Å². The van der Waals surface area contributed by atoms with Gasteiger partial charge in [0.25, 0.3) is 0 Å². The van der Waals surface area contributed by atoms with Crippen molar-refractivity contribution < 1.29 is 5.11 Å². The molecule has 0 aliphatic carbocycles. The van der Waals surface area contributed by atoms with Crippen LogP contribution in [-0.2, 0) is 0 Å². The van der Waals surface area contributed by atoms with Crippen LogP contribution in [0.1, 0.15) is 119 Å². The van der Waals surface area contributed by atoms with Gasteiger partial charge in [0.15, 0.2) is 0 Å². The first kappa shape index (κ1) is 35.0. The van der Waals surface area contributed by atoms with Crippen molar-refractivity contribution in [3.05, 3.63) is 24.3 Å². The number of aliphatic hydroxyl groups excluding tert-OH is 1. The van der Waals surface area contributed by atoms with Crippen LogP contribution in [0.4, 0.5) is 0 Å². The molecule has 0 atom stereocenters. The third-order valence-electron chi connectivity index (χ3n) is 8.34. The van der Waals surface area contributed by atoms with Crippen LogP contribution >= 0.6 is 0 Å². The zero-order valence-electron chi connectivity index (χ0n) is 24.6. The quantitative estimate of drug-likeness (QED) is 0.0790. The molecule has 0 saturated carbocycles. The predicted molar refractivity (Wildman–Crippen MR) is 164 cm³/mol. The van der Waals surface area contributed by atoms with Crippen LogP contribution in [0.25, 0.3) is 0 Å². The van der Waals surface area contributed by atoms with E-state index in [1.807, 2.05) is 0 Å². The van der Waals surface area contributed by atoms with Gasteiger partial charge in [-0.05, 0) is 0 Å². The fourth-order valence-corrected chi connectivity index (χ4v) is 38.8. The molecule has 0 aromatic heterocycles. The zero-order chi connectivity index (χ0) is 25.9. The van der Waals surface area contributed by atoms with Crippen molar-refractivity contribution in [1.82, 2.24) is 0 Å². The third kappa shape index (κ3) is 14.1. The average molecular weight is 690 g/mol. The molecule has 202 valence electrons. The molecule has 1 nitrogen and oxygen atoms in total. The summed E-state index contributed by atoms with van der Waals surface area (Å²) < 4.78 is 11.4. The Kier molecular flexibility index (Phi) is 21.7. The van der Waals surface area contributed by atoms with Crippen molar-refractivity contribution in [2.75, 3.05) is 0 Å². The summed E-state index contributed by atoms with van der Waals surface area (Å²) in [4.78, 5) is 0. The summed E-state index contributed by atoms with van der Waals surface area (Å²) in [5.74, 6) is 0. The SMILES string of the molecule is C=C([CH2][Sn]([CH2]CCC)([CH2]CCC)[CH2]CCC)C(O)C(=C)[CH2][Sn]([CH2]CCC)([CH2]CCC)[CH2]CCC. The Morgan fingerprint density at radius 2 is 0.706 bits per heavy atom. The number of unbranched alkanes of at least 4 members (excludes halogenated alkanes) is 6. The van der Waals surface area contributed by atoms with Gasteiger partial charge in [-0.1, -0.05) is 0 Å². The van der Waals surface area contributed by atoms with Gasteiger partial charge in [-0.15, -0.1) is 0 Å². The van der Waals surface area contributed by atoms with Gasteiger partial charge in [0.1, 0.15) is 0 Å². The zero-order valence-corrected chi connectivity index (χ0v) is 30.3. The molecule has 0 aliphatic rings. The van der Waals surface area contributed by atoms with E-state index in [2.05, 4.69) is 54.7 Å². The molecule has 3 heteroatoms. The summed E-state index contributed by atoms with van der Waals surface area (Å²) >= 11 is -4.67. The summed E-state index contributed by atoms with van der Waals surface area (Å²) in [6.45, 7) is 23.2. The van der Waals surface area contributed by atoms with Crippen LogP contribution in [0.2, 0.25) is 35.5 Å². The van der Waals surface area contributed by atoms with Crippen molar-refractivity contribution in [2.24, 2.45) is 0 Å². The van der Waals surface area contributed by atoms with Crippen LogP contribution in [0.3, 0.4) is 0 Å². The van der Waals surface area contributed by atoms with E-state index in [9.17, 15) is 5.11 Å². The fraction of sp³-hybridized carbons (Fsp3) is 0.871. The Labute approximate surface area is 224 Å². The maximum absolute atomic E-state index is 11.5. The van der Waals surface area contributed by atoms with Crippen molar-refractivity contribution in [3.8, 4) is 0 Å².